The number of hydrogen-bond donors (Lipinski definition) is 1. The highest BCUT2D eigenvalue weighted by atomic mass is 16.5. The molecular formula is C17H24N2O. The van der Waals surface area contributed by atoms with Crippen LogP contribution in [0.3, 0.4) is 0 Å². The van der Waals surface area contributed by atoms with E-state index in [0.717, 1.165) is 44.4 Å². The minimum atomic E-state index is -0.399. The Morgan fingerprint density at radius 2 is 2.15 bits per heavy atom. The molecule has 2 atom stereocenters. The second kappa shape index (κ2) is 6.76. The molecule has 2 rings (SSSR count). The van der Waals surface area contributed by atoms with Crippen LogP contribution in [0.15, 0.2) is 24.3 Å². The van der Waals surface area contributed by atoms with Crippen molar-refractivity contribution in [2.75, 3.05) is 6.54 Å². The maximum Gasteiger partial charge on any atom is 0.119 e. The molecule has 2 unspecified atom stereocenters. The SMILES string of the molecule is CCCNC1(C#N)CCCC(Oc2ccc(C)cc2)C1. The average molecular weight is 272 g/mol. The fraction of sp³-hybridized carbons (Fsp3) is 0.588. The first-order chi connectivity index (χ1) is 9.67. The molecule has 20 heavy (non-hydrogen) atoms. The minimum Gasteiger partial charge on any atom is -0.490 e. The lowest BCUT2D eigenvalue weighted by Crippen LogP contribution is -2.50. The van der Waals surface area contributed by atoms with Crippen LogP contribution in [0.4, 0.5) is 0 Å². The number of rotatable bonds is 5. The van der Waals surface area contributed by atoms with E-state index in [2.05, 4.69) is 37.4 Å². The maximum absolute atomic E-state index is 9.52. The Morgan fingerprint density at radius 3 is 2.80 bits per heavy atom. The number of nitriles is 1. The number of aryl methyl sites for hydroxylation is 1. The largest absolute Gasteiger partial charge is 0.490 e. The average Bonchev–Trinajstić information content (AvgIpc) is 2.48. The minimum absolute atomic E-state index is 0.135. The van der Waals surface area contributed by atoms with Crippen LogP contribution in [0, 0.1) is 18.3 Å². The van der Waals surface area contributed by atoms with Crippen LogP contribution in [0.5, 0.6) is 5.75 Å². The molecule has 108 valence electrons. The molecule has 1 aromatic rings. The third kappa shape index (κ3) is 3.74. The fourth-order valence-electron chi connectivity index (χ4n) is 2.80. The van der Waals surface area contributed by atoms with E-state index in [0.29, 0.717) is 0 Å². The monoisotopic (exact) mass is 272 g/mol. The standard InChI is InChI=1S/C17H24N2O/c1-3-11-19-17(13-18)10-4-5-16(12-17)20-15-8-6-14(2)7-9-15/h6-9,16,19H,3-5,10-12H2,1-2H3. The summed E-state index contributed by atoms with van der Waals surface area (Å²) in [5, 5.41) is 12.9. The fourth-order valence-corrected chi connectivity index (χ4v) is 2.80. The van der Waals surface area contributed by atoms with Crippen LogP contribution in [0.2, 0.25) is 0 Å². The summed E-state index contributed by atoms with van der Waals surface area (Å²) < 4.78 is 6.06. The van der Waals surface area contributed by atoms with Crippen molar-refractivity contribution >= 4 is 0 Å². The van der Waals surface area contributed by atoms with Gasteiger partial charge in [0, 0.05) is 6.42 Å². The summed E-state index contributed by atoms with van der Waals surface area (Å²) in [7, 11) is 0. The van der Waals surface area contributed by atoms with Crippen molar-refractivity contribution in [1.82, 2.24) is 5.32 Å². The van der Waals surface area contributed by atoms with E-state index in [1.807, 2.05) is 12.1 Å². The third-order valence-corrected chi connectivity index (χ3v) is 3.96. The van der Waals surface area contributed by atoms with Crippen molar-refractivity contribution < 1.29 is 4.74 Å². The summed E-state index contributed by atoms with van der Waals surface area (Å²) in [4.78, 5) is 0. The summed E-state index contributed by atoms with van der Waals surface area (Å²) >= 11 is 0. The number of benzene rings is 1. The van der Waals surface area contributed by atoms with Crippen LogP contribution >= 0.6 is 0 Å². The predicted molar refractivity (Wildman–Crippen MR) is 80.7 cm³/mol. The van der Waals surface area contributed by atoms with Gasteiger partial charge in [-0.25, -0.2) is 0 Å². The van der Waals surface area contributed by atoms with Crippen LogP contribution in [-0.2, 0) is 0 Å². The summed E-state index contributed by atoms with van der Waals surface area (Å²) in [5.41, 5.74) is 0.834. The molecule has 0 aliphatic heterocycles. The van der Waals surface area contributed by atoms with Crippen LogP contribution in [0.1, 0.15) is 44.6 Å². The highest BCUT2D eigenvalue weighted by Crippen LogP contribution is 2.30. The van der Waals surface area contributed by atoms with Gasteiger partial charge in [0.1, 0.15) is 17.4 Å². The Hall–Kier alpha value is -1.53. The lowest BCUT2D eigenvalue weighted by molar-refractivity contribution is 0.112. The van der Waals surface area contributed by atoms with Gasteiger partial charge in [-0.15, -0.1) is 0 Å². The normalized spacial score (nSPS) is 25.9. The van der Waals surface area contributed by atoms with Gasteiger partial charge < -0.3 is 4.74 Å². The summed E-state index contributed by atoms with van der Waals surface area (Å²) in [5.74, 6) is 0.907. The molecule has 1 aliphatic rings. The molecule has 0 amide bonds. The lowest BCUT2D eigenvalue weighted by atomic mass is 9.81. The van der Waals surface area contributed by atoms with Gasteiger partial charge in [-0.1, -0.05) is 24.6 Å². The van der Waals surface area contributed by atoms with Crippen molar-refractivity contribution in [3.8, 4) is 11.8 Å². The Kier molecular flexibility index (Phi) is 5.03. The first kappa shape index (κ1) is 14.9. The summed E-state index contributed by atoms with van der Waals surface area (Å²) in [6.45, 7) is 5.09. The molecule has 1 aliphatic carbocycles. The smallest absolute Gasteiger partial charge is 0.119 e. The molecule has 1 N–H and O–H groups in total. The van der Waals surface area contributed by atoms with E-state index in [1.165, 1.54) is 5.56 Å². The number of ether oxygens (including phenoxy) is 1. The molecule has 0 saturated heterocycles. The molecule has 0 aromatic heterocycles. The van der Waals surface area contributed by atoms with Gasteiger partial charge in [0.2, 0.25) is 0 Å². The molecule has 3 heteroatoms. The van der Waals surface area contributed by atoms with Gasteiger partial charge in [-0.05, 0) is 51.3 Å². The Morgan fingerprint density at radius 1 is 1.40 bits per heavy atom. The van der Waals surface area contributed by atoms with Crippen LogP contribution in [-0.4, -0.2) is 18.2 Å². The molecule has 1 fully saturated rings. The van der Waals surface area contributed by atoms with Gasteiger partial charge >= 0.3 is 0 Å². The third-order valence-electron chi connectivity index (χ3n) is 3.96. The quantitative estimate of drug-likeness (QED) is 0.891. The van der Waals surface area contributed by atoms with E-state index in [9.17, 15) is 5.26 Å². The number of hydrogen-bond acceptors (Lipinski definition) is 3. The van der Waals surface area contributed by atoms with Crippen molar-refractivity contribution in [1.29, 1.82) is 5.26 Å². The van der Waals surface area contributed by atoms with E-state index in [1.54, 1.807) is 0 Å². The Balaban J connectivity index is 1.99. The number of nitrogens with one attached hydrogen (secondary N) is 1. The molecule has 0 spiro atoms. The van der Waals surface area contributed by atoms with Gasteiger partial charge in [0.15, 0.2) is 0 Å². The first-order valence-electron chi connectivity index (χ1n) is 7.57. The van der Waals surface area contributed by atoms with Crippen LogP contribution in [0.25, 0.3) is 0 Å². The van der Waals surface area contributed by atoms with E-state index < -0.39 is 5.54 Å². The van der Waals surface area contributed by atoms with Gasteiger partial charge in [0.05, 0.1) is 6.07 Å². The zero-order valence-electron chi connectivity index (χ0n) is 12.5. The van der Waals surface area contributed by atoms with Crippen molar-refractivity contribution in [3.63, 3.8) is 0 Å². The summed E-state index contributed by atoms with van der Waals surface area (Å²) in [6, 6.07) is 10.6. The molecule has 0 heterocycles. The highest BCUT2D eigenvalue weighted by molar-refractivity contribution is 5.26. The predicted octanol–water partition coefficient (Wildman–Crippen LogP) is 3.58. The molecule has 0 radical (unpaired) electrons. The maximum atomic E-state index is 9.52. The molecule has 1 saturated carbocycles. The van der Waals surface area contributed by atoms with E-state index in [4.69, 9.17) is 4.74 Å². The Bertz CT molecular complexity index is 463. The Labute approximate surface area is 121 Å². The van der Waals surface area contributed by atoms with Crippen LogP contribution < -0.4 is 10.1 Å². The summed E-state index contributed by atoms with van der Waals surface area (Å²) in [6.07, 6.45) is 4.96. The molecule has 0 bridgehead atoms. The lowest BCUT2D eigenvalue weighted by Gasteiger charge is -2.36. The van der Waals surface area contributed by atoms with E-state index >= 15 is 0 Å². The van der Waals surface area contributed by atoms with Crippen molar-refractivity contribution in [2.24, 2.45) is 0 Å². The molecule has 1 aromatic carbocycles. The second-order valence-corrected chi connectivity index (χ2v) is 5.77. The van der Waals surface area contributed by atoms with E-state index in [-0.39, 0.29) is 6.10 Å². The van der Waals surface area contributed by atoms with Crippen molar-refractivity contribution in [2.45, 2.75) is 57.6 Å². The zero-order valence-corrected chi connectivity index (χ0v) is 12.5. The van der Waals surface area contributed by atoms with Crippen molar-refractivity contribution in [3.05, 3.63) is 29.8 Å². The second-order valence-electron chi connectivity index (χ2n) is 5.77. The van der Waals surface area contributed by atoms with Gasteiger partial charge in [-0.2, -0.15) is 5.26 Å². The van der Waals surface area contributed by atoms with Gasteiger partial charge in [0.25, 0.3) is 0 Å². The topological polar surface area (TPSA) is 45.0 Å². The number of nitrogens with zero attached hydrogens (tertiary/aromatic N) is 1. The van der Waals surface area contributed by atoms with Gasteiger partial charge in [-0.3, -0.25) is 5.32 Å². The zero-order chi connectivity index (χ0) is 14.4. The highest BCUT2D eigenvalue weighted by Gasteiger charge is 2.36. The first-order valence-corrected chi connectivity index (χ1v) is 7.57. The molecule has 3 nitrogen and oxygen atoms in total. The molecular weight excluding hydrogens is 248 g/mol.